The van der Waals surface area contributed by atoms with Crippen molar-refractivity contribution in [3.05, 3.63) is 76.2 Å². The number of carbonyl (C=O) groups excluding carboxylic acids is 2. The van der Waals surface area contributed by atoms with Crippen LogP contribution in [0.25, 0.3) is 21.3 Å². The fourth-order valence-electron chi connectivity index (χ4n) is 3.55. The maximum absolute atomic E-state index is 13.2. The van der Waals surface area contributed by atoms with Gasteiger partial charge in [-0.2, -0.15) is 0 Å². The second-order valence-electron chi connectivity index (χ2n) is 7.73. The number of carbonyl (C=O) groups is 2. The Balaban J connectivity index is 1.53. The molecule has 0 aliphatic rings. The lowest BCUT2D eigenvalue weighted by molar-refractivity contribution is -0.116. The van der Waals surface area contributed by atoms with E-state index in [4.69, 9.17) is 9.47 Å². The van der Waals surface area contributed by atoms with Crippen molar-refractivity contribution in [2.75, 3.05) is 18.5 Å². The van der Waals surface area contributed by atoms with Crippen molar-refractivity contribution in [1.29, 1.82) is 0 Å². The minimum Gasteiger partial charge on any atom is -0.494 e. The first-order valence-corrected chi connectivity index (χ1v) is 12.1. The molecule has 0 saturated heterocycles. The smallest absolute Gasteiger partial charge is 0.338 e. The number of fused-ring (bicyclic) bond motifs is 1. The topological polar surface area (TPSA) is 99.5 Å². The van der Waals surface area contributed by atoms with Crippen LogP contribution in [0.3, 0.4) is 0 Å². The summed E-state index contributed by atoms with van der Waals surface area (Å²) in [6.45, 7) is 4.52. The van der Waals surface area contributed by atoms with Gasteiger partial charge in [-0.25, -0.2) is 9.78 Å². The Kier molecular flexibility index (Phi) is 7.57. The highest BCUT2D eigenvalue weighted by Gasteiger charge is 2.15. The van der Waals surface area contributed by atoms with E-state index in [1.165, 1.54) is 22.2 Å². The van der Waals surface area contributed by atoms with Gasteiger partial charge >= 0.3 is 5.97 Å². The summed E-state index contributed by atoms with van der Waals surface area (Å²) in [5, 5.41) is 5.09. The number of benzene rings is 2. The fraction of sp³-hybridized carbons (Fsp3) is 0.231. The van der Waals surface area contributed by atoms with E-state index in [1.54, 1.807) is 24.3 Å². The lowest BCUT2D eigenvalue weighted by Crippen LogP contribution is -2.27. The fourth-order valence-corrected chi connectivity index (χ4v) is 4.45. The van der Waals surface area contributed by atoms with Crippen LogP contribution in [0.15, 0.2) is 65.0 Å². The van der Waals surface area contributed by atoms with Crippen LogP contribution in [-0.2, 0) is 16.1 Å². The summed E-state index contributed by atoms with van der Waals surface area (Å²) in [7, 11) is 0. The van der Waals surface area contributed by atoms with Gasteiger partial charge in [0, 0.05) is 16.6 Å². The molecule has 2 heterocycles. The lowest BCUT2D eigenvalue weighted by Gasteiger charge is -2.09. The zero-order chi connectivity index (χ0) is 24.8. The number of anilines is 1. The number of hydrogen-bond acceptors (Lipinski definition) is 7. The predicted octanol–water partition coefficient (Wildman–Crippen LogP) is 4.73. The summed E-state index contributed by atoms with van der Waals surface area (Å²) in [6, 6.07) is 14.0. The first-order chi connectivity index (χ1) is 17.0. The summed E-state index contributed by atoms with van der Waals surface area (Å²) in [6.07, 6.45) is 2.10. The zero-order valence-corrected chi connectivity index (χ0v) is 20.3. The number of thiophene rings is 1. The number of amides is 1. The van der Waals surface area contributed by atoms with Gasteiger partial charge < -0.3 is 14.8 Å². The number of hydrogen-bond donors (Lipinski definition) is 1. The van der Waals surface area contributed by atoms with Crippen LogP contribution in [0.5, 0.6) is 5.75 Å². The molecular formula is C26H25N3O5S. The molecule has 0 fully saturated rings. The molecule has 8 nitrogen and oxygen atoms in total. The number of aromatic nitrogens is 2. The van der Waals surface area contributed by atoms with E-state index in [0.29, 0.717) is 34.7 Å². The van der Waals surface area contributed by atoms with Gasteiger partial charge in [0.05, 0.1) is 30.5 Å². The number of ether oxygens (including phenoxy) is 2. The maximum atomic E-state index is 13.2. The van der Waals surface area contributed by atoms with Gasteiger partial charge in [-0.3, -0.25) is 14.2 Å². The van der Waals surface area contributed by atoms with Gasteiger partial charge in [-0.15, -0.1) is 11.3 Å². The molecule has 35 heavy (non-hydrogen) atoms. The molecule has 0 spiro atoms. The third-order valence-corrected chi connectivity index (χ3v) is 6.06. The van der Waals surface area contributed by atoms with E-state index in [-0.39, 0.29) is 12.1 Å². The molecule has 180 valence electrons. The first-order valence-electron chi connectivity index (χ1n) is 11.3. The van der Waals surface area contributed by atoms with E-state index < -0.39 is 11.9 Å². The highest BCUT2D eigenvalue weighted by Crippen LogP contribution is 2.31. The van der Waals surface area contributed by atoms with Gasteiger partial charge in [0.15, 0.2) is 0 Å². The van der Waals surface area contributed by atoms with Crippen LogP contribution in [0.4, 0.5) is 5.69 Å². The highest BCUT2D eigenvalue weighted by atomic mass is 32.1. The van der Waals surface area contributed by atoms with Gasteiger partial charge in [0.1, 0.15) is 17.1 Å². The van der Waals surface area contributed by atoms with Crippen molar-refractivity contribution in [3.63, 3.8) is 0 Å². The van der Waals surface area contributed by atoms with Crippen molar-refractivity contribution >= 4 is 39.1 Å². The minimum absolute atomic E-state index is 0.217. The molecule has 1 N–H and O–H groups in total. The van der Waals surface area contributed by atoms with Crippen molar-refractivity contribution in [1.82, 2.24) is 9.55 Å². The summed E-state index contributed by atoms with van der Waals surface area (Å²) < 4.78 is 11.9. The summed E-state index contributed by atoms with van der Waals surface area (Å²) >= 11 is 1.38. The molecule has 4 aromatic rings. The number of nitrogens with zero attached hydrogens (tertiary/aromatic N) is 2. The number of rotatable bonds is 9. The van der Waals surface area contributed by atoms with Gasteiger partial charge in [0.2, 0.25) is 5.91 Å². The SMILES string of the molecule is CCCOC(=O)c1cccc(NC(=O)Cn2cnc3scc(-c4ccc(OCC)cc4)c3c2=O)c1. The molecule has 9 heteroatoms. The molecule has 0 bridgehead atoms. The largest absolute Gasteiger partial charge is 0.494 e. The normalized spacial score (nSPS) is 10.8. The predicted molar refractivity (Wildman–Crippen MR) is 136 cm³/mol. The highest BCUT2D eigenvalue weighted by molar-refractivity contribution is 7.17. The van der Waals surface area contributed by atoms with Gasteiger partial charge in [0.25, 0.3) is 5.56 Å². The number of nitrogens with one attached hydrogen (secondary N) is 1. The van der Waals surface area contributed by atoms with Crippen molar-refractivity contribution in [2.45, 2.75) is 26.8 Å². The minimum atomic E-state index is -0.451. The number of esters is 1. The molecule has 0 atom stereocenters. The summed E-state index contributed by atoms with van der Waals surface area (Å²) in [5.41, 5.74) is 2.11. The molecular weight excluding hydrogens is 466 g/mol. The van der Waals surface area contributed by atoms with Crippen molar-refractivity contribution in [3.8, 4) is 16.9 Å². The Hall–Kier alpha value is -3.98. The Morgan fingerprint density at radius 1 is 1.11 bits per heavy atom. The molecule has 4 rings (SSSR count). The van der Waals surface area contributed by atoms with Crippen LogP contribution < -0.4 is 15.6 Å². The molecule has 2 aromatic carbocycles. The Morgan fingerprint density at radius 2 is 1.91 bits per heavy atom. The molecule has 0 unspecified atom stereocenters. The van der Waals surface area contributed by atoms with E-state index in [0.717, 1.165) is 23.3 Å². The maximum Gasteiger partial charge on any atom is 0.338 e. The summed E-state index contributed by atoms with van der Waals surface area (Å²) in [5.74, 6) is -0.107. The van der Waals surface area contributed by atoms with Crippen molar-refractivity contribution in [2.24, 2.45) is 0 Å². The third kappa shape index (κ3) is 5.58. The second kappa shape index (κ2) is 11.0. The Labute approximate surface area is 206 Å². The zero-order valence-electron chi connectivity index (χ0n) is 19.4. The van der Waals surface area contributed by atoms with Gasteiger partial charge in [-0.05, 0) is 49.2 Å². The van der Waals surface area contributed by atoms with E-state index >= 15 is 0 Å². The first kappa shape index (κ1) is 24.2. The van der Waals surface area contributed by atoms with Crippen LogP contribution in [-0.4, -0.2) is 34.6 Å². The molecule has 0 radical (unpaired) electrons. The van der Waals surface area contributed by atoms with Crippen LogP contribution in [0.2, 0.25) is 0 Å². The third-order valence-electron chi connectivity index (χ3n) is 5.17. The quantitative estimate of drug-likeness (QED) is 0.340. The van der Waals surface area contributed by atoms with Gasteiger partial charge in [-0.1, -0.05) is 25.1 Å². The van der Waals surface area contributed by atoms with Crippen LogP contribution >= 0.6 is 11.3 Å². The van der Waals surface area contributed by atoms with Crippen LogP contribution in [0.1, 0.15) is 30.6 Å². The van der Waals surface area contributed by atoms with E-state index in [1.807, 2.05) is 43.5 Å². The second-order valence-corrected chi connectivity index (χ2v) is 8.59. The van der Waals surface area contributed by atoms with E-state index in [9.17, 15) is 14.4 Å². The monoisotopic (exact) mass is 491 g/mol. The Bertz CT molecular complexity index is 1410. The van der Waals surface area contributed by atoms with E-state index in [2.05, 4.69) is 10.3 Å². The average molecular weight is 492 g/mol. The summed E-state index contributed by atoms with van der Waals surface area (Å²) in [4.78, 5) is 43.0. The van der Waals surface area contributed by atoms with Crippen LogP contribution in [0, 0.1) is 0 Å². The molecule has 1 amide bonds. The molecule has 0 aliphatic carbocycles. The lowest BCUT2D eigenvalue weighted by atomic mass is 10.1. The standard InChI is InChI=1S/C26H25N3O5S/c1-3-12-34-26(32)18-6-5-7-19(13-18)28-22(30)14-29-16-27-24-23(25(29)31)21(15-35-24)17-8-10-20(11-9-17)33-4-2/h5-11,13,15-16H,3-4,12,14H2,1-2H3,(H,28,30). The molecule has 0 aliphatic heterocycles. The van der Waals surface area contributed by atoms with Crippen molar-refractivity contribution < 1.29 is 19.1 Å². The molecule has 2 aromatic heterocycles. The average Bonchev–Trinajstić information content (AvgIpc) is 3.30. The Morgan fingerprint density at radius 3 is 2.66 bits per heavy atom. The molecule has 0 saturated carbocycles.